The van der Waals surface area contributed by atoms with Crippen LogP contribution in [-0.2, 0) is 5.41 Å². The molecule has 0 heterocycles. The van der Waals surface area contributed by atoms with E-state index in [-0.39, 0.29) is 5.41 Å². The standard InChI is InChI=1S/C12H18ClN/c1-3-12(4-2,9-14)10-5-7-11(13)8-6-10/h5-8H,3-4,9,14H2,1-2H3. The summed E-state index contributed by atoms with van der Waals surface area (Å²) in [5.74, 6) is 0. The van der Waals surface area contributed by atoms with Gasteiger partial charge in [0.05, 0.1) is 0 Å². The van der Waals surface area contributed by atoms with Gasteiger partial charge in [0.2, 0.25) is 0 Å². The topological polar surface area (TPSA) is 26.0 Å². The largest absolute Gasteiger partial charge is 0.330 e. The van der Waals surface area contributed by atoms with E-state index in [1.165, 1.54) is 5.56 Å². The first-order chi connectivity index (χ1) is 6.68. The lowest BCUT2D eigenvalue weighted by Crippen LogP contribution is -2.33. The van der Waals surface area contributed by atoms with E-state index in [2.05, 4.69) is 26.0 Å². The Labute approximate surface area is 91.3 Å². The molecule has 0 aliphatic rings. The maximum atomic E-state index is 5.87. The van der Waals surface area contributed by atoms with Crippen molar-refractivity contribution < 1.29 is 0 Å². The second-order valence-corrected chi connectivity index (χ2v) is 4.13. The molecular formula is C12H18ClN. The number of halogens is 1. The average molecular weight is 212 g/mol. The molecule has 0 bridgehead atoms. The second kappa shape index (κ2) is 4.81. The number of hydrogen-bond acceptors (Lipinski definition) is 1. The van der Waals surface area contributed by atoms with E-state index in [0.29, 0.717) is 6.54 Å². The van der Waals surface area contributed by atoms with Crippen LogP contribution in [0.15, 0.2) is 24.3 Å². The predicted octanol–water partition coefficient (Wildman–Crippen LogP) is 3.36. The molecule has 0 aromatic heterocycles. The first-order valence-corrected chi connectivity index (χ1v) is 5.52. The van der Waals surface area contributed by atoms with Crippen LogP contribution in [0.2, 0.25) is 5.02 Å². The van der Waals surface area contributed by atoms with Crippen LogP contribution >= 0.6 is 11.6 Å². The molecule has 0 aliphatic heterocycles. The average Bonchev–Trinajstić information content (AvgIpc) is 2.24. The zero-order chi connectivity index (χ0) is 10.6. The third kappa shape index (κ3) is 2.10. The van der Waals surface area contributed by atoms with Crippen molar-refractivity contribution in [1.29, 1.82) is 0 Å². The summed E-state index contributed by atoms with van der Waals surface area (Å²) in [5, 5.41) is 0.784. The highest BCUT2D eigenvalue weighted by atomic mass is 35.5. The van der Waals surface area contributed by atoms with E-state index in [4.69, 9.17) is 17.3 Å². The van der Waals surface area contributed by atoms with Crippen LogP contribution in [0.25, 0.3) is 0 Å². The Morgan fingerprint density at radius 1 is 1.14 bits per heavy atom. The van der Waals surface area contributed by atoms with Crippen LogP contribution in [0.4, 0.5) is 0 Å². The lowest BCUT2D eigenvalue weighted by molar-refractivity contribution is 0.407. The van der Waals surface area contributed by atoms with Gasteiger partial charge in [0.15, 0.2) is 0 Å². The minimum absolute atomic E-state index is 0.130. The molecule has 0 amide bonds. The predicted molar refractivity (Wildman–Crippen MR) is 62.8 cm³/mol. The SMILES string of the molecule is CCC(CC)(CN)c1ccc(Cl)cc1. The Balaban J connectivity index is 3.05. The summed E-state index contributed by atoms with van der Waals surface area (Å²) in [6.07, 6.45) is 2.14. The first-order valence-electron chi connectivity index (χ1n) is 5.14. The summed E-state index contributed by atoms with van der Waals surface area (Å²) in [4.78, 5) is 0. The Morgan fingerprint density at radius 2 is 1.64 bits per heavy atom. The highest BCUT2D eigenvalue weighted by Crippen LogP contribution is 2.31. The molecule has 0 spiro atoms. The van der Waals surface area contributed by atoms with Gasteiger partial charge >= 0.3 is 0 Å². The molecule has 0 saturated heterocycles. The van der Waals surface area contributed by atoms with Gasteiger partial charge < -0.3 is 5.73 Å². The minimum Gasteiger partial charge on any atom is -0.330 e. The molecule has 1 aromatic rings. The molecule has 0 atom stereocenters. The lowest BCUT2D eigenvalue weighted by Gasteiger charge is -2.30. The number of nitrogens with two attached hydrogens (primary N) is 1. The lowest BCUT2D eigenvalue weighted by atomic mass is 9.76. The van der Waals surface area contributed by atoms with E-state index in [1.807, 2.05) is 12.1 Å². The molecule has 1 rings (SSSR count). The molecule has 0 fully saturated rings. The van der Waals surface area contributed by atoms with Crippen LogP contribution in [0.5, 0.6) is 0 Å². The molecule has 0 radical (unpaired) electrons. The Hall–Kier alpha value is -0.530. The summed E-state index contributed by atoms with van der Waals surface area (Å²) in [5.41, 5.74) is 7.30. The fourth-order valence-electron chi connectivity index (χ4n) is 1.87. The zero-order valence-electron chi connectivity index (χ0n) is 8.89. The molecule has 1 nitrogen and oxygen atoms in total. The summed E-state index contributed by atoms with van der Waals surface area (Å²) in [6.45, 7) is 5.07. The highest BCUT2D eigenvalue weighted by molar-refractivity contribution is 6.30. The third-order valence-electron chi connectivity index (χ3n) is 3.20. The van der Waals surface area contributed by atoms with Crippen molar-refractivity contribution in [2.75, 3.05) is 6.54 Å². The molecule has 1 aromatic carbocycles. The van der Waals surface area contributed by atoms with Crippen molar-refractivity contribution in [2.45, 2.75) is 32.1 Å². The van der Waals surface area contributed by atoms with Gasteiger partial charge in [0, 0.05) is 17.0 Å². The third-order valence-corrected chi connectivity index (χ3v) is 3.45. The first kappa shape index (κ1) is 11.5. The van der Waals surface area contributed by atoms with Crippen molar-refractivity contribution >= 4 is 11.6 Å². The van der Waals surface area contributed by atoms with E-state index in [1.54, 1.807) is 0 Å². The van der Waals surface area contributed by atoms with Gasteiger partial charge in [-0.3, -0.25) is 0 Å². The smallest absolute Gasteiger partial charge is 0.0406 e. The molecule has 14 heavy (non-hydrogen) atoms. The zero-order valence-corrected chi connectivity index (χ0v) is 9.64. The van der Waals surface area contributed by atoms with Crippen LogP contribution in [0, 0.1) is 0 Å². The van der Waals surface area contributed by atoms with Crippen molar-refractivity contribution in [2.24, 2.45) is 5.73 Å². The Bertz CT molecular complexity index is 267. The van der Waals surface area contributed by atoms with Crippen molar-refractivity contribution in [3.05, 3.63) is 34.9 Å². The Kier molecular flexibility index (Phi) is 3.97. The minimum atomic E-state index is 0.130. The van der Waals surface area contributed by atoms with Gasteiger partial charge in [-0.05, 0) is 30.5 Å². The highest BCUT2D eigenvalue weighted by Gasteiger charge is 2.26. The Morgan fingerprint density at radius 3 is 2.00 bits per heavy atom. The molecule has 0 saturated carbocycles. The number of benzene rings is 1. The normalized spacial score (nSPS) is 11.7. The molecular weight excluding hydrogens is 194 g/mol. The summed E-state index contributed by atoms with van der Waals surface area (Å²) in [6, 6.07) is 8.05. The van der Waals surface area contributed by atoms with Crippen molar-refractivity contribution in [3.8, 4) is 0 Å². The quantitative estimate of drug-likeness (QED) is 0.812. The van der Waals surface area contributed by atoms with Gasteiger partial charge in [0.25, 0.3) is 0 Å². The van der Waals surface area contributed by atoms with Crippen LogP contribution in [-0.4, -0.2) is 6.54 Å². The molecule has 2 N–H and O–H groups in total. The fourth-order valence-corrected chi connectivity index (χ4v) is 1.99. The maximum absolute atomic E-state index is 5.87. The van der Waals surface area contributed by atoms with Crippen LogP contribution < -0.4 is 5.73 Å². The monoisotopic (exact) mass is 211 g/mol. The van der Waals surface area contributed by atoms with Crippen LogP contribution in [0.3, 0.4) is 0 Å². The molecule has 78 valence electrons. The van der Waals surface area contributed by atoms with Gasteiger partial charge in [0.1, 0.15) is 0 Å². The van der Waals surface area contributed by atoms with E-state index in [0.717, 1.165) is 17.9 Å². The second-order valence-electron chi connectivity index (χ2n) is 3.70. The van der Waals surface area contributed by atoms with Gasteiger partial charge in [-0.1, -0.05) is 37.6 Å². The summed E-state index contributed by atoms with van der Waals surface area (Å²) < 4.78 is 0. The maximum Gasteiger partial charge on any atom is 0.0406 e. The van der Waals surface area contributed by atoms with Gasteiger partial charge in [-0.2, -0.15) is 0 Å². The van der Waals surface area contributed by atoms with E-state index >= 15 is 0 Å². The van der Waals surface area contributed by atoms with Gasteiger partial charge in [-0.25, -0.2) is 0 Å². The van der Waals surface area contributed by atoms with Crippen molar-refractivity contribution in [1.82, 2.24) is 0 Å². The number of hydrogen-bond donors (Lipinski definition) is 1. The number of rotatable bonds is 4. The molecule has 0 aliphatic carbocycles. The summed E-state index contributed by atoms with van der Waals surface area (Å²) in [7, 11) is 0. The van der Waals surface area contributed by atoms with Crippen LogP contribution in [0.1, 0.15) is 32.3 Å². The molecule has 0 unspecified atom stereocenters. The molecule has 2 heteroatoms. The summed E-state index contributed by atoms with van der Waals surface area (Å²) >= 11 is 5.86. The van der Waals surface area contributed by atoms with E-state index in [9.17, 15) is 0 Å². The fraction of sp³-hybridized carbons (Fsp3) is 0.500. The van der Waals surface area contributed by atoms with Crippen molar-refractivity contribution in [3.63, 3.8) is 0 Å². The van der Waals surface area contributed by atoms with E-state index < -0.39 is 0 Å². The van der Waals surface area contributed by atoms with Gasteiger partial charge in [-0.15, -0.1) is 0 Å².